The average Bonchev–Trinajstić information content (AvgIpc) is 3.24. The second kappa shape index (κ2) is 9.90. The van der Waals surface area contributed by atoms with Gasteiger partial charge in [0.15, 0.2) is 5.13 Å². The summed E-state index contributed by atoms with van der Waals surface area (Å²) in [5.41, 5.74) is 1.35. The lowest BCUT2D eigenvalue weighted by molar-refractivity contribution is -0.111. The Labute approximate surface area is 196 Å². The minimum absolute atomic E-state index is 0.106. The van der Waals surface area contributed by atoms with E-state index in [4.69, 9.17) is 9.47 Å². The first-order valence-corrected chi connectivity index (χ1v) is 12.8. The van der Waals surface area contributed by atoms with E-state index >= 15 is 0 Å². The number of carbonyl (C=O) groups is 1. The van der Waals surface area contributed by atoms with E-state index in [0.717, 1.165) is 35.2 Å². The Kier molecular flexibility index (Phi) is 6.96. The third-order valence-corrected chi connectivity index (χ3v) is 8.23. The summed E-state index contributed by atoms with van der Waals surface area (Å²) in [4.78, 5) is 16.9. The number of hydrogen-bond donors (Lipinski definition) is 1. The van der Waals surface area contributed by atoms with Crippen molar-refractivity contribution < 1.29 is 22.7 Å². The van der Waals surface area contributed by atoms with Crippen LogP contribution in [0.5, 0.6) is 11.5 Å². The molecule has 8 nitrogen and oxygen atoms in total. The maximum Gasteiger partial charge on any atom is 0.250 e. The van der Waals surface area contributed by atoms with Crippen LogP contribution in [0.3, 0.4) is 0 Å². The fourth-order valence-electron chi connectivity index (χ4n) is 3.65. The standard InChI is InChI=1S/C23H25N3O5S2/c1-30-17-8-9-18-20(15-17)32-23(24-18)25-22(27)11-7-16-6-10-19(31-2)21(14-16)33(28,29)26-12-4-3-5-13-26/h6-11,14-15H,3-5,12-13H2,1-2H3,(H,24,25,27). The molecule has 1 fully saturated rings. The molecule has 0 aliphatic carbocycles. The number of thiazole rings is 1. The van der Waals surface area contributed by atoms with Gasteiger partial charge in [-0.1, -0.05) is 23.8 Å². The molecule has 2 heterocycles. The van der Waals surface area contributed by atoms with Crippen molar-refractivity contribution in [1.29, 1.82) is 0 Å². The van der Waals surface area contributed by atoms with Crippen LogP contribution in [-0.4, -0.2) is 50.9 Å². The number of amides is 1. The van der Waals surface area contributed by atoms with Crippen molar-refractivity contribution in [3.05, 3.63) is 48.0 Å². The van der Waals surface area contributed by atoms with Crippen LogP contribution in [0.25, 0.3) is 16.3 Å². The Morgan fingerprint density at radius 3 is 2.61 bits per heavy atom. The maximum atomic E-state index is 13.2. The number of anilines is 1. The van der Waals surface area contributed by atoms with Crippen LogP contribution in [0.15, 0.2) is 47.4 Å². The summed E-state index contributed by atoms with van der Waals surface area (Å²) in [6.07, 6.45) is 5.65. The van der Waals surface area contributed by atoms with Gasteiger partial charge in [-0.15, -0.1) is 0 Å². The molecule has 10 heteroatoms. The Morgan fingerprint density at radius 2 is 1.88 bits per heavy atom. The molecule has 0 spiro atoms. The van der Waals surface area contributed by atoms with E-state index in [1.165, 1.54) is 34.9 Å². The zero-order valence-corrected chi connectivity index (χ0v) is 20.0. The Morgan fingerprint density at radius 1 is 1.09 bits per heavy atom. The van der Waals surface area contributed by atoms with E-state index in [2.05, 4.69) is 10.3 Å². The lowest BCUT2D eigenvalue weighted by Crippen LogP contribution is -2.35. The van der Waals surface area contributed by atoms with Gasteiger partial charge in [-0.2, -0.15) is 4.31 Å². The van der Waals surface area contributed by atoms with Crippen molar-refractivity contribution in [2.45, 2.75) is 24.2 Å². The van der Waals surface area contributed by atoms with E-state index in [1.54, 1.807) is 25.3 Å². The molecule has 0 saturated carbocycles. The lowest BCUT2D eigenvalue weighted by atomic mass is 10.2. The third-order valence-electron chi connectivity index (χ3n) is 5.37. The minimum atomic E-state index is -3.68. The molecule has 1 aliphatic heterocycles. The van der Waals surface area contributed by atoms with E-state index in [9.17, 15) is 13.2 Å². The van der Waals surface area contributed by atoms with Crippen molar-refractivity contribution >= 4 is 48.7 Å². The molecular weight excluding hydrogens is 462 g/mol. The number of aromatic nitrogens is 1. The van der Waals surface area contributed by atoms with Gasteiger partial charge in [-0.25, -0.2) is 13.4 Å². The number of nitrogens with zero attached hydrogens (tertiary/aromatic N) is 2. The summed E-state index contributed by atoms with van der Waals surface area (Å²) in [5, 5.41) is 3.22. The van der Waals surface area contributed by atoms with Gasteiger partial charge in [0.05, 0.1) is 24.4 Å². The van der Waals surface area contributed by atoms with Crippen LogP contribution in [0.2, 0.25) is 0 Å². The van der Waals surface area contributed by atoms with Gasteiger partial charge in [0.1, 0.15) is 16.4 Å². The van der Waals surface area contributed by atoms with Crippen LogP contribution in [0.1, 0.15) is 24.8 Å². The van der Waals surface area contributed by atoms with Crippen molar-refractivity contribution in [2.24, 2.45) is 0 Å². The highest BCUT2D eigenvalue weighted by molar-refractivity contribution is 7.89. The van der Waals surface area contributed by atoms with Gasteiger partial charge in [-0.3, -0.25) is 10.1 Å². The van der Waals surface area contributed by atoms with Crippen molar-refractivity contribution in [1.82, 2.24) is 9.29 Å². The normalized spacial score (nSPS) is 15.1. The summed E-state index contributed by atoms with van der Waals surface area (Å²) in [5.74, 6) is 0.642. The molecule has 174 valence electrons. The molecule has 4 rings (SSSR count). The number of hydrogen-bond acceptors (Lipinski definition) is 7. The average molecular weight is 488 g/mol. The Hall–Kier alpha value is -2.95. The Bertz CT molecular complexity index is 1290. The number of ether oxygens (including phenoxy) is 2. The van der Waals surface area contributed by atoms with Gasteiger partial charge in [0.25, 0.3) is 0 Å². The molecule has 1 saturated heterocycles. The quantitative estimate of drug-likeness (QED) is 0.503. The van der Waals surface area contributed by atoms with E-state index in [-0.39, 0.29) is 16.6 Å². The van der Waals surface area contributed by atoms with Gasteiger partial charge >= 0.3 is 0 Å². The van der Waals surface area contributed by atoms with E-state index < -0.39 is 10.0 Å². The molecular formula is C23H25N3O5S2. The van der Waals surface area contributed by atoms with Crippen molar-refractivity contribution in [2.75, 3.05) is 32.6 Å². The smallest absolute Gasteiger partial charge is 0.250 e. The number of carbonyl (C=O) groups excluding carboxylic acids is 1. The first kappa shape index (κ1) is 23.2. The number of piperidine rings is 1. The van der Waals surface area contributed by atoms with Crippen molar-refractivity contribution in [3.8, 4) is 11.5 Å². The van der Waals surface area contributed by atoms with Crippen molar-refractivity contribution in [3.63, 3.8) is 0 Å². The second-order valence-corrected chi connectivity index (χ2v) is 10.5. The fourth-order valence-corrected chi connectivity index (χ4v) is 6.25. The second-order valence-electron chi connectivity index (χ2n) is 7.55. The monoisotopic (exact) mass is 487 g/mol. The van der Waals surface area contributed by atoms with Gasteiger partial charge in [0.2, 0.25) is 15.9 Å². The molecule has 1 aromatic heterocycles. The number of fused-ring (bicyclic) bond motifs is 1. The summed E-state index contributed by atoms with van der Waals surface area (Å²) in [7, 11) is -0.639. The minimum Gasteiger partial charge on any atom is -0.497 e. The molecule has 1 N–H and O–H groups in total. The van der Waals surface area contributed by atoms with Crippen LogP contribution in [0.4, 0.5) is 5.13 Å². The number of benzene rings is 2. The molecule has 33 heavy (non-hydrogen) atoms. The molecule has 2 aromatic carbocycles. The number of rotatable bonds is 7. The first-order valence-electron chi connectivity index (χ1n) is 10.5. The summed E-state index contributed by atoms with van der Waals surface area (Å²) in [6.45, 7) is 1.00. The van der Waals surface area contributed by atoms with Crippen LogP contribution in [-0.2, 0) is 14.8 Å². The topological polar surface area (TPSA) is 97.8 Å². The largest absolute Gasteiger partial charge is 0.497 e. The molecule has 1 aliphatic rings. The molecule has 3 aromatic rings. The first-order chi connectivity index (χ1) is 15.9. The van der Waals surface area contributed by atoms with Crippen LogP contribution >= 0.6 is 11.3 Å². The third kappa shape index (κ3) is 5.18. The Balaban J connectivity index is 1.52. The number of methoxy groups -OCH3 is 2. The van der Waals surface area contributed by atoms with Gasteiger partial charge in [-0.05, 0) is 54.8 Å². The summed E-state index contributed by atoms with van der Waals surface area (Å²) < 4.78 is 39.2. The van der Waals surface area contributed by atoms with Gasteiger partial charge in [0, 0.05) is 19.2 Å². The van der Waals surface area contributed by atoms with E-state index in [0.29, 0.717) is 23.8 Å². The molecule has 0 atom stereocenters. The summed E-state index contributed by atoms with van der Waals surface area (Å²) >= 11 is 1.35. The number of nitrogens with one attached hydrogen (secondary N) is 1. The van der Waals surface area contributed by atoms with E-state index in [1.807, 2.05) is 18.2 Å². The van der Waals surface area contributed by atoms with Gasteiger partial charge < -0.3 is 9.47 Å². The maximum absolute atomic E-state index is 13.2. The van der Waals surface area contributed by atoms with Crippen LogP contribution in [0, 0.1) is 0 Å². The predicted molar refractivity (Wildman–Crippen MR) is 129 cm³/mol. The highest BCUT2D eigenvalue weighted by atomic mass is 32.2. The number of sulfonamides is 1. The van der Waals surface area contributed by atoms with Crippen LogP contribution < -0.4 is 14.8 Å². The zero-order valence-electron chi connectivity index (χ0n) is 18.4. The fraction of sp³-hybridized carbons (Fsp3) is 0.304. The predicted octanol–water partition coefficient (Wildman–Crippen LogP) is 4.14. The molecule has 0 unspecified atom stereocenters. The highest BCUT2D eigenvalue weighted by Gasteiger charge is 2.29. The highest BCUT2D eigenvalue weighted by Crippen LogP contribution is 2.31. The summed E-state index contributed by atoms with van der Waals surface area (Å²) in [6, 6.07) is 10.4. The lowest BCUT2D eigenvalue weighted by Gasteiger charge is -2.26. The SMILES string of the molecule is COc1ccc2nc(NC(=O)C=Cc3ccc(OC)c(S(=O)(=O)N4CCCCC4)c3)sc2c1. The molecule has 0 bridgehead atoms. The molecule has 0 radical (unpaired) electrons. The zero-order chi connectivity index (χ0) is 23.4. The molecule has 1 amide bonds.